The van der Waals surface area contributed by atoms with E-state index in [0.29, 0.717) is 27.4 Å². The maximum Gasteiger partial charge on any atom is 0.290 e. The topological polar surface area (TPSA) is 127 Å². The zero-order valence-corrected chi connectivity index (χ0v) is 28.7. The summed E-state index contributed by atoms with van der Waals surface area (Å²) in [7, 11) is 2.92. The van der Waals surface area contributed by atoms with Gasteiger partial charge in [0.05, 0.1) is 24.3 Å². The Kier molecular flexibility index (Phi) is 11.7. The first-order valence-corrected chi connectivity index (χ1v) is 16.1. The summed E-state index contributed by atoms with van der Waals surface area (Å²) >= 11 is 1.39. The van der Waals surface area contributed by atoms with Crippen molar-refractivity contribution < 1.29 is 24.2 Å². The minimum atomic E-state index is -0.884. The van der Waals surface area contributed by atoms with E-state index in [-0.39, 0.29) is 23.3 Å². The van der Waals surface area contributed by atoms with Gasteiger partial charge in [-0.25, -0.2) is 9.99 Å². The predicted molar refractivity (Wildman–Crippen MR) is 177 cm³/mol. The lowest BCUT2D eigenvalue weighted by Crippen LogP contribution is -2.56. The van der Waals surface area contributed by atoms with E-state index in [1.807, 2.05) is 25.1 Å². The number of hydrogen-bond donors (Lipinski definition) is 1. The molecule has 2 aromatic rings. The van der Waals surface area contributed by atoms with Gasteiger partial charge in [0.1, 0.15) is 17.4 Å². The number of aliphatic hydroxyl groups is 1. The van der Waals surface area contributed by atoms with Crippen LogP contribution >= 0.6 is 11.3 Å². The van der Waals surface area contributed by atoms with Crippen LogP contribution < -0.4 is 9.64 Å². The number of unbranched alkanes of at least 4 members (excludes halogenated alkanes) is 2. The van der Waals surface area contributed by atoms with E-state index >= 15 is 0 Å². The number of nitriles is 1. The number of hydrazine groups is 1. The molecular formula is C34H45N5O5S. The van der Waals surface area contributed by atoms with E-state index in [1.54, 1.807) is 40.9 Å². The summed E-state index contributed by atoms with van der Waals surface area (Å²) in [5.74, 6) is -1.50. The number of anilines is 1. The van der Waals surface area contributed by atoms with Gasteiger partial charge in [-0.1, -0.05) is 64.9 Å². The van der Waals surface area contributed by atoms with E-state index in [2.05, 4.69) is 18.7 Å². The van der Waals surface area contributed by atoms with Crippen LogP contribution in [0.5, 0.6) is 5.75 Å². The molecule has 242 valence electrons. The minimum Gasteiger partial charge on any atom is -0.496 e. The molecule has 0 aliphatic carbocycles. The Balaban J connectivity index is 2.36. The molecule has 11 heteroatoms. The summed E-state index contributed by atoms with van der Waals surface area (Å²) in [5.41, 5.74) is 1.84. The fraction of sp³-hybridized carbons (Fsp3) is 0.500. The number of imide groups is 1. The number of amides is 3. The molecule has 1 aromatic carbocycles. The summed E-state index contributed by atoms with van der Waals surface area (Å²) in [4.78, 5) is 48.5. The average Bonchev–Trinajstić information content (AvgIpc) is 3.41. The minimum absolute atomic E-state index is 0.0986. The first-order chi connectivity index (χ1) is 21.2. The average molecular weight is 636 g/mol. The van der Waals surface area contributed by atoms with Crippen LogP contribution in [0.15, 0.2) is 28.9 Å². The Labute approximate surface area is 270 Å². The quantitative estimate of drug-likeness (QED) is 0.221. The lowest BCUT2D eigenvalue weighted by Gasteiger charge is -2.36. The van der Waals surface area contributed by atoms with Gasteiger partial charge in [-0.3, -0.25) is 14.4 Å². The molecule has 3 rings (SSSR count). The molecule has 0 atom stereocenters. The van der Waals surface area contributed by atoms with Crippen molar-refractivity contribution in [1.29, 1.82) is 5.26 Å². The van der Waals surface area contributed by atoms with Crippen LogP contribution in [0.1, 0.15) is 83.2 Å². The Morgan fingerprint density at radius 3 is 2.27 bits per heavy atom. The number of nitrogens with zero attached hydrogens (tertiary/aromatic N) is 5. The third-order valence-corrected chi connectivity index (χ3v) is 8.72. The van der Waals surface area contributed by atoms with Gasteiger partial charge in [-0.15, -0.1) is 0 Å². The van der Waals surface area contributed by atoms with Crippen molar-refractivity contribution in [2.75, 3.05) is 32.1 Å². The second-order valence-corrected chi connectivity index (χ2v) is 13.2. The molecule has 0 saturated heterocycles. The number of ether oxygens (including phenoxy) is 1. The largest absolute Gasteiger partial charge is 0.496 e. The number of aryl methyl sites for hydroxylation is 1. The molecule has 0 unspecified atom stereocenters. The Morgan fingerprint density at radius 2 is 1.76 bits per heavy atom. The van der Waals surface area contributed by atoms with Gasteiger partial charge in [-0.2, -0.15) is 10.3 Å². The summed E-state index contributed by atoms with van der Waals surface area (Å²) < 4.78 is 5.77. The molecule has 0 spiro atoms. The zero-order valence-electron chi connectivity index (χ0n) is 27.9. The maximum atomic E-state index is 14.1. The Hall–Kier alpha value is -4.01. The van der Waals surface area contributed by atoms with Crippen LogP contribution in [0.25, 0.3) is 17.3 Å². The molecule has 0 radical (unpaired) electrons. The Morgan fingerprint density at radius 1 is 1.13 bits per heavy atom. The van der Waals surface area contributed by atoms with Gasteiger partial charge >= 0.3 is 0 Å². The summed E-state index contributed by atoms with van der Waals surface area (Å²) in [6.07, 6.45) is 5.61. The number of rotatable bonds is 12. The van der Waals surface area contributed by atoms with Gasteiger partial charge in [0, 0.05) is 36.7 Å². The van der Waals surface area contributed by atoms with Crippen LogP contribution in [0, 0.1) is 23.7 Å². The van der Waals surface area contributed by atoms with Gasteiger partial charge < -0.3 is 14.7 Å². The van der Waals surface area contributed by atoms with Crippen LogP contribution in [-0.4, -0.2) is 65.1 Å². The third kappa shape index (κ3) is 7.45. The third-order valence-electron chi connectivity index (χ3n) is 7.66. The van der Waals surface area contributed by atoms with Crippen LogP contribution in [-0.2, 0) is 21.0 Å². The molecule has 1 aromatic heterocycles. The molecule has 1 N–H and O–H groups in total. The molecule has 2 heterocycles. The number of carbonyl (C=O) groups is 3. The first kappa shape index (κ1) is 35.5. The highest BCUT2D eigenvalue weighted by molar-refractivity contribution is 7.17. The van der Waals surface area contributed by atoms with E-state index in [0.717, 1.165) is 59.5 Å². The summed E-state index contributed by atoms with van der Waals surface area (Å²) in [6.45, 7) is 14.2. The molecule has 10 nitrogen and oxygen atoms in total. The Bertz CT molecular complexity index is 1530. The van der Waals surface area contributed by atoms with Crippen LogP contribution in [0.3, 0.4) is 0 Å². The number of methoxy groups -OCH3 is 1. The van der Waals surface area contributed by atoms with E-state index in [1.165, 1.54) is 18.4 Å². The molecule has 3 amide bonds. The van der Waals surface area contributed by atoms with Gasteiger partial charge in [0.2, 0.25) is 5.91 Å². The molecule has 0 fully saturated rings. The molecule has 45 heavy (non-hydrogen) atoms. The number of carbonyl (C=O) groups excluding carboxylic acids is 3. The molecule has 0 bridgehead atoms. The van der Waals surface area contributed by atoms with E-state index in [4.69, 9.17) is 9.72 Å². The number of thiazole rings is 1. The number of aromatic nitrogens is 1. The van der Waals surface area contributed by atoms with Gasteiger partial charge in [-0.05, 0) is 55.5 Å². The van der Waals surface area contributed by atoms with Crippen LogP contribution in [0.2, 0.25) is 0 Å². The zero-order chi connectivity index (χ0) is 33.6. The van der Waals surface area contributed by atoms with Crippen molar-refractivity contribution in [2.45, 2.75) is 80.8 Å². The second kappa shape index (κ2) is 14.8. The smallest absolute Gasteiger partial charge is 0.290 e. The lowest BCUT2D eigenvalue weighted by molar-refractivity contribution is -0.171. The van der Waals surface area contributed by atoms with E-state index < -0.39 is 23.1 Å². The van der Waals surface area contributed by atoms with Crippen molar-refractivity contribution in [2.24, 2.45) is 5.41 Å². The summed E-state index contributed by atoms with van der Waals surface area (Å²) in [5, 5.41) is 22.9. The summed E-state index contributed by atoms with van der Waals surface area (Å²) in [6, 6.07) is 5.69. The first-order valence-electron chi connectivity index (χ1n) is 15.3. The lowest BCUT2D eigenvalue weighted by atomic mass is 9.93. The fourth-order valence-electron chi connectivity index (χ4n) is 5.16. The van der Waals surface area contributed by atoms with Crippen molar-refractivity contribution in [3.63, 3.8) is 0 Å². The van der Waals surface area contributed by atoms with Crippen LogP contribution in [0.4, 0.5) is 5.13 Å². The molecular weight excluding hydrogens is 590 g/mol. The SMILES string of the molecule is CCCCN(CCCC)c1nc(-c2c(CO)cc(C)cc2OC)c(/C=C2\C(=O)N(N(C)C(=O)C(C)(C)C)C(=O)C(C#N)=C2C)s1. The highest BCUT2D eigenvalue weighted by Gasteiger charge is 2.42. The van der Waals surface area contributed by atoms with E-state index in [9.17, 15) is 24.8 Å². The van der Waals surface area contributed by atoms with Crippen molar-refractivity contribution in [3.05, 3.63) is 44.9 Å². The standard InChI is InChI=1S/C34H45N5O5S/c1-10-12-14-38(15-13-11-2)33-36-29(28-23(20-40)16-21(3)17-26(28)44-9)27(45-33)18-24-22(4)25(19-35)31(42)39(30(24)41)37(8)32(43)34(5,6)7/h16-18,40H,10-15,20H2,1-9H3/b24-18-. The molecule has 1 aliphatic rings. The van der Waals surface area contributed by atoms with Crippen molar-refractivity contribution in [1.82, 2.24) is 15.0 Å². The molecule has 1 aliphatic heterocycles. The molecule has 0 saturated carbocycles. The highest BCUT2D eigenvalue weighted by atomic mass is 32.1. The number of benzene rings is 1. The fourth-order valence-corrected chi connectivity index (χ4v) is 6.23. The highest BCUT2D eigenvalue weighted by Crippen LogP contribution is 2.43. The maximum absolute atomic E-state index is 14.1. The van der Waals surface area contributed by atoms with Crippen molar-refractivity contribution in [3.8, 4) is 23.1 Å². The monoisotopic (exact) mass is 635 g/mol. The van der Waals surface area contributed by atoms with Gasteiger partial charge in [0.15, 0.2) is 5.13 Å². The number of hydrogen-bond acceptors (Lipinski definition) is 9. The van der Waals surface area contributed by atoms with Gasteiger partial charge in [0.25, 0.3) is 11.8 Å². The van der Waals surface area contributed by atoms with Crippen molar-refractivity contribution >= 4 is 40.3 Å². The normalized spacial score (nSPS) is 14.7. The predicted octanol–water partition coefficient (Wildman–Crippen LogP) is 6.04. The second-order valence-electron chi connectivity index (χ2n) is 12.2. The number of aliphatic hydroxyl groups excluding tert-OH is 1.